The molecule has 9 heteroatoms. The maximum Gasteiger partial charge on any atom is 0.170 e. The third kappa shape index (κ3) is 6.94. The first-order valence-electron chi connectivity index (χ1n) is 13.0. The predicted octanol–water partition coefficient (Wildman–Crippen LogP) is 7.11. The lowest BCUT2D eigenvalue weighted by molar-refractivity contribution is 0.0156. The first-order chi connectivity index (χ1) is 17.8. The fourth-order valence-corrected chi connectivity index (χ4v) is 5.20. The van der Waals surface area contributed by atoms with Crippen LogP contribution in [0.4, 0.5) is 10.1 Å². The van der Waals surface area contributed by atoms with Crippen LogP contribution in [0.1, 0.15) is 56.8 Å². The van der Waals surface area contributed by atoms with E-state index in [1.165, 1.54) is 19.1 Å². The van der Waals surface area contributed by atoms with Gasteiger partial charge in [-0.2, -0.15) is 0 Å². The van der Waals surface area contributed by atoms with Gasteiger partial charge in [0.2, 0.25) is 0 Å². The first kappa shape index (κ1) is 30.1. The molecule has 2 aromatic carbocycles. The van der Waals surface area contributed by atoms with Crippen molar-refractivity contribution in [2.45, 2.75) is 58.6 Å². The summed E-state index contributed by atoms with van der Waals surface area (Å²) in [5, 5.41) is 14.1. The van der Waals surface area contributed by atoms with E-state index < -0.39 is 11.6 Å². The first-order valence-corrected chi connectivity index (χ1v) is 13.4. The number of ketones is 1. The van der Waals surface area contributed by atoms with Gasteiger partial charge in [0.05, 0.1) is 34.5 Å². The molecule has 3 aromatic rings. The van der Waals surface area contributed by atoms with E-state index in [1.54, 1.807) is 6.20 Å². The van der Waals surface area contributed by atoms with Gasteiger partial charge >= 0.3 is 0 Å². The molecule has 0 aliphatic heterocycles. The molecule has 0 unspecified atom stereocenters. The average molecular weight is 565 g/mol. The highest BCUT2D eigenvalue weighted by Crippen LogP contribution is 2.36. The number of Topliss-reactive ketones (excluding diaryl/α,β-unsaturated/α-hetero) is 1. The van der Waals surface area contributed by atoms with Gasteiger partial charge < -0.3 is 20.1 Å². The molecule has 6 nitrogen and oxygen atoms in total. The number of ether oxygens (including phenoxy) is 1. The summed E-state index contributed by atoms with van der Waals surface area (Å²) in [4.78, 5) is 19.4. The molecule has 1 aliphatic rings. The lowest BCUT2D eigenvalue weighted by atomic mass is 9.92. The summed E-state index contributed by atoms with van der Waals surface area (Å²) in [5.41, 5.74) is 3.25. The number of hydrogen-bond donors (Lipinski definition) is 2. The van der Waals surface area contributed by atoms with Crippen LogP contribution in [0.5, 0.6) is 5.75 Å². The van der Waals surface area contributed by atoms with E-state index in [0.29, 0.717) is 16.7 Å². The largest absolute Gasteiger partial charge is 0.504 e. The maximum absolute atomic E-state index is 14.2. The zero-order valence-electron chi connectivity index (χ0n) is 22.1. The number of aromatic nitrogens is 1. The van der Waals surface area contributed by atoms with Crippen LogP contribution in [0.15, 0.2) is 36.5 Å². The summed E-state index contributed by atoms with van der Waals surface area (Å²) in [6.45, 7) is 9.64. The van der Waals surface area contributed by atoms with Crippen molar-refractivity contribution in [1.82, 2.24) is 9.88 Å². The Morgan fingerprint density at radius 2 is 1.87 bits per heavy atom. The van der Waals surface area contributed by atoms with Gasteiger partial charge in [-0.15, -0.1) is 12.4 Å². The second kappa shape index (κ2) is 13.6. The number of phenolic OH excluding ortho intramolecular Hbond substituents is 1. The number of nitrogens with zero attached hydrogens (tertiary/aromatic N) is 2. The Kier molecular flexibility index (Phi) is 10.7. The van der Waals surface area contributed by atoms with Crippen LogP contribution in [0.2, 0.25) is 5.02 Å². The molecule has 0 saturated heterocycles. The number of hydrogen-bond acceptors (Lipinski definition) is 6. The minimum Gasteiger partial charge on any atom is -0.504 e. The van der Waals surface area contributed by atoms with Crippen LogP contribution in [0.25, 0.3) is 22.0 Å². The van der Waals surface area contributed by atoms with Gasteiger partial charge in [0.15, 0.2) is 17.3 Å². The van der Waals surface area contributed by atoms with E-state index >= 15 is 0 Å². The van der Waals surface area contributed by atoms with Crippen molar-refractivity contribution < 1.29 is 19.0 Å². The number of likely N-dealkylation sites (N-methyl/N-ethyl adjacent to an activating group) is 1. The number of aromatic hydroxyl groups is 1. The van der Waals surface area contributed by atoms with E-state index in [-0.39, 0.29) is 35.4 Å². The van der Waals surface area contributed by atoms with Crippen molar-refractivity contribution >= 4 is 46.4 Å². The van der Waals surface area contributed by atoms with E-state index in [0.717, 1.165) is 68.5 Å². The molecule has 0 amide bonds. The van der Waals surface area contributed by atoms with Crippen molar-refractivity contribution in [2.75, 3.05) is 31.6 Å². The fraction of sp³-hybridized carbons (Fsp3) is 0.448. The Balaban J connectivity index is 0.00000400. The second-order valence-corrected chi connectivity index (χ2v) is 10.0. The number of carbonyl (C=O) groups excluding carboxylic acids is 1. The maximum atomic E-state index is 14.2. The predicted molar refractivity (Wildman–Crippen MR) is 154 cm³/mol. The van der Waals surface area contributed by atoms with Crippen LogP contribution in [0, 0.1) is 5.82 Å². The third-order valence-corrected chi connectivity index (χ3v) is 7.56. The molecule has 4 rings (SSSR count). The molecule has 1 aromatic heterocycles. The Bertz CT molecular complexity index is 1240. The lowest BCUT2D eigenvalue weighted by Crippen LogP contribution is -2.33. The topological polar surface area (TPSA) is 74.7 Å². The fourth-order valence-electron chi connectivity index (χ4n) is 4.99. The molecular formula is C29H36Cl2FN3O3. The molecule has 2 N–H and O–H groups in total. The normalized spacial score (nSPS) is 17.4. The third-order valence-electron chi connectivity index (χ3n) is 7.28. The van der Waals surface area contributed by atoms with E-state index in [2.05, 4.69) is 29.0 Å². The van der Waals surface area contributed by atoms with Crippen LogP contribution < -0.4 is 5.32 Å². The van der Waals surface area contributed by atoms with Gasteiger partial charge in [0.1, 0.15) is 0 Å². The number of fused-ring (bicyclic) bond motifs is 1. The van der Waals surface area contributed by atoms with Crippen LogP contribution >= 0.6 is 24.0 Å². The molecule has 38 heavy (non-hydrogen) atoms. The average Bonchev–Trinajstić information content (AvgIpc) is 2.90. The Morgan fingerprint density at radius 3 is 2.50 bits per heavy atom. The molecular weight excluding hydrogens is 528 g/mol. The number of benzene rings is 2. The minimum atomic E-state index is -0.785. The van der Waals surface area contributed by atoms with Crippen LogP contribution in [0.3, 0.4) is 0 Å². The Labute approximate surface area is 234 Å². The number of carbonyl (C=O) groups is 1. The highest BCUT2D eigenvalue weighted by molar-refractivity contribution is 6.32. The number of pyridine rings is 1. The van der Waals surface area contributed by atoms with Crippen LogP contribution in [-0.2, 0) is 4.74 Å². The van der Waals surface area contributed by atoms with Gasteiger partial charge in [-0.05, 0) is 81.1 Å². The quantitative estimate of drug-likeness (QED) is 0.256. The zero-order valence-corrected chi connectivity index (χ0v) is 23.7. The molecule has 1 heterocycles. The summed E-state index contributed by atoms with van der Waals surface area (Å²) in [6, 6.07) is 8.54. The van der Waals surface area contributed by atoms with E-state index in [9.17, 15) is 14.3 Å². The molecule has 0 bridgehead atoms. The van der Waals surface area contributed by atoms with Crippen LogP contribution in [-0.4, -0.2) is 59.2 Å². The molecule has 0 radical (unpaired) electrons. The number of nitrogens with one attached hydrogen (secondary N) is 1. The molecule has 1 saturated carbocycles. The zero-order chi connectivity index (χ0) is 26.5. The van der Waals surface area contributed by atoms with Gasteiger partial charge in [0.25, 0.3) is 0 Å². The number of phenols is 1. The summed E-state index contributed by atoms with van der Waals surface area (Å²) in [7, 11) is 0. The van der Waals surface area contributed by atoms with Crippen molar-refractivity contribution in [2.24, 2.45) is 0 Å². The van der Waals surface area contributed by atoms with Crippen molar-refractivity contribution in [1.29, 1.82) is 0 Å². The lowest BCUT2D eigenvalue weighted by Gasteiger charge is -2.31. The Hall–Kier alpha value is -2.45. The van der Waals surface area contributed by atoms with Crippen molar-refractivity contribution in [3.05, 3.63) is 52.9 Å². The van der Waals surface area contributed by atoms with Crippen molar-refractivity contribution in [3.63, 3.8) is 0 Å². The standard InChI is InChI=1S/C29H35ClFN3O3.ClH/c1-4-34(5-2)12-13-37-22-9-7-21(8-10-22)33-28-23-14-19(20-15-25(30)29(36)26(31)16-20)6-11-27(23)32-17-24(28)18(3)35;/h6,11,14-17,21-22,36H,4-5,7-10,12-13H2,1-3H3,(H,32,33);1H. The SMILES string of the molecule is CCN(CC)CCOC1CCC(Nc2c(C(C)=O)cnc3ccc(-c4cc(F)c(O)c(Cl)c4)cc23)CC1.Cl. The van der Waals surface area contributed by atoms with Crippen molar-refractivity contribution in [3.8, 4) is 16.9 Å². The summed E-state index contributed by atoms with van der Waals surface area (Å²) >= 11 is 6.02. The Morgan fingerprint density at radius 1 is 1.16 bits per heavy atom. The number of rotatable bonds is 10. The number of anilines is 1. The molecule has 206 valence electrons. The van der Waals surface area contributed by atoms with Gasteiger partial charge in [-0.1, -0.05) is 31.5 Å². The smallest absolute Gasteiger partial charge is 0.170 e. The summed E-state index contributed by atoms with van der Waals surface area (Å²) < 4.78 is 20.3. The highest BCUT2D eigenvalue weighted by Gasteiger charge is 2.24. The minimum absolute atomic E-state index is 0. The highest BCUT2D eigenvalue weighted by atomic mass is 35.5. The van der Waals surface area contributed by atoms with Gasteiger partial charge in [-0.25, -0.2) is 4.39 Å². The van der Waals surface area contributed by atoms with Gasteiger partial charge in [0, 0.05) is 24.2 Å². The summed E-state index contributed by atoms with van der Waals surface area (Å²) in [5.74, 6) is -1.43. The summed E-state index contributed by atoms with van der Waals surface area (Å²) in [6.07, 6.45) is 5.68. The monoisotopic (exact) mass is 563 g/mol. The van der Waals surface area contributed by atoms with E-state index in [1.807, 2.05) is 18.2 Å². The number of halogens is 3. The van der Waals surface area contributed by atoms with Gasteiger partial charge in [-0.3, -0.25) is 9.78 Å². The molecule has 0 atom stereocenters. The second-order valence-electron chi connectivity index (χ2n) is 9.64. The van der Waals surface area contributed by atoms with E-state index in [4.69, 9.17) is 16.3 Å². The molecule has 0 spiro atoms. The molecule has 1 aliphatic carbocycles. The molecule has 1 fully saturated rings.